The molecule has 0 N–H and O–H groups in total. The summed E-state index contributed by atoms with van der Waals surface area (Å²) in [6.07, 6.45) is 1.86. The SMILES string of the molecule is CC(C)(C)OC(=O)N1CC[C@](CC=O)(c2ccccc2)C1. The molecule has 0 aliphatic carbocycles. The van der Waals surface area contributed by atoms with Crippen molar-refractivity contribution in [1.29, 1.82) is 0 Å². The van der Waals surface area contributed by atoms with Crippen LogP contribution >= 0.6 is 0 Å². The Labute approximate surface area is 126 Å². The van der Waals surface area contributed by atoms with E-state index in [1.54, 1.807) is 4.90 Å². The number of carbonyl (C=O) groups excluding carboxylic acids is 2. The molecule has 0 unspecified atom stereocenters. The zero-order valence-electron chi connectivity index (χ0n) is 13.0. The van der Waals surface area contributed by atoms with Gasteiger partial charge in [-0.05, 0) is 32.8 Å². The van der Waals surface area contributed by atoms with Crippen LogP contribution in [0.4, 0.5) is 4.79 Å². The highest BCUT2D eigenvalue weighted by molar-refractivity contribution is 5.69. The van der Waals surface area contributed by atoms with Crippen LogP contribution in [0.1, 0.15) is 39.2 Å². The zero-order chi connectivity index (χ0) is 15.5. The van der Waals surface area contributed by atoms with Gasteiger partial charge in [0, 0.05) is 24.9 Å². The first kappa shape index (κ1) is 15.5. The summed E-state index contributed by atoms with van der Waals surface area (Å²) in [6.45, 7) is 6.73. The average molecular weight is 289 g/mol. The summed E-state index contributed by atoms with van der Waals surface area (Å²) in [5.41, 5.74) is 0.336. The molecule has 0 aromatic heterocycles. The molecule has 1 saturated heterocycles. The van der Waals surface area contributed by atoms with Crippen LogP contribution in [-0.4, -0.2) is 36.0 Å². The smallest absolute Gasteiger partial charge is 0.410 e. The molecular weight excluding hydrogens is 266 g/mol. The van der Waals surface area contributed by atoms with Crippen molar-refractivity contribution in [3.05, 3.63) is 35.9 Å². The second kappa shape index (κ2) is 5.88. The molecule has 4 heteroatoms. The number of benzene rings is 1. The molecule has 0 saturated carbocycles. The molecule has 21 heavy (non-hydrogen) atoms. The minimum absolute atomic E-state index is 0.278. The highest BCUT2D eigenvalue weighted by Crippen LogP contribution is 2.37. The molecule has 4 nitrogen and oxygen atoms in total. The Balaban J connectivity index is 2.16. The Morgan fingerprint density at radius 3 is 2.57 bits per heavy atom. The van der Waals surface area contributed by atoms with Gasteiger partial charge in [0.05, 0.1) is 0 Å². The van der Waals surface area contributed by atoms with E-state index < -0.39 is 5.60 Å². The van der Waals surface area contributed by atoms with E-state index in [9.17, 15) is 9.59 Å². The number of hydrogen-bond donors (Lipinski definition) is 0. The minimum atomic E-state index is -0.500. The molecule has 1 aliphatic rings. The van der Waals surface area contributed by atoms with Crippen molar-refractivity contribution < 1.29 is 14.3 Å². The largest absolute Gasteiger partial charge is 0.444 e. The highest BCUT2D eigenvalue weighted by atomic mass is 16.6. The quantitative estimate of drug-likeness (QED) is 0.803. The van der Waals surface area contributed by atoms with E-state index in [1.165, 1.54) is 0 Å². The summed E-state index contributed by atoms with van der Waals surface area (Å²) in [5, 5.41) is 0. The lowest BCUT2D eigenvalue weighted by molar-refractivity contribution is -0.108. The van der Waals surface area contributed by atoms with Gasteiger partial charge in [0.15, 0.2) is 0 Å². The van der Waals surface area contributed by atoms with Gasteiger partial charge < -0.3 is 14.4 Å². The lowest BCUT2D eigenvalue weighted by atomic mass is 9.77. The van der Waals surface area contributed by atoms with E-state index in [2.05, 4.69) is 0 Å². The molecule has 1 aliphatic heterocycles. The van der Waals surface area contributed by atoms with Crippen LogP contribution in [0.2, 0.25) is 0 Å². The van der Waals surface area contributed by atoms with Crippen molar-refractivity contribution in [2.75, 3.05) is 13.1 Å². The maximum absolute atomic E-state index is 12.2. The van der Waals surface area contributed by atoms with Gasteiger partial charge in [-0.3, -0.25) is 0 Å². The first-order valence-electron chi connectivity index (χ1n) is 7.33. The molecule has 1 aromatic rings. The summed E-state index contributed by atoms with van der Waals surface area (Å²) in [6, 6.07) is 9.96. The maximum atomic E-state index is 12.2. The number of nitrogens with zero attached hydrogens (tertiary/aromatic N) is 1. The molecular formula is C17H23NO3. The Morgan fingerprint density at radius 2 is 2.00 bits per heavy atom. The van der Waals surface area contributed by atoms with E-state index >= 15 is 0 Å². The van der Waals surface area contributed by atoms with Crippen molar-refractivity contribution in [1.82, 2.24) is 4.90 Å². The molecule has 1 aromatic carbocycles. The molecule has 114 valence electrons. The lowest BCUT2D eigenvalue weighted by Gasteiger charge is -2.29. The number of ether oxygens (including phenoxy) is 1. The summed E-state index contributed by atoms with van der Waals surface area (Å²) in [7, 11) is 0. The molecule has 1 heterocycles. The van der Waals surface area contributed by atoms with Gasteiger partial charge in [0.2, 0.25) is 0 Å². The van der Waals surface area contributed by atoms with Gasteiger partial charge in [-0.15, -0.1) is 0 Å². The third kappa shape index (κ3) is 3.63. The van der Waals surface area contributed by atoms with Crippen molar-refractivity contribution in [3.63, 3.8) is 0 Å². The maximum Gasteiger partial charge on any atom is 0.410 e. The van der Waals surface area contributed by atoms with E-state index in [0.29, 0.717) is 19.5 Å². The van der Waals surface area contributed by atoms with Crippen molar-refractivity contribution in [2.45, 2.75) is 44.6 Å². The van der Waals surface area contributed by atoms with Crippen LogP contribution < -0.4 is 0 Å². The van der Waals surface area contributed by atoms with E-state index in [4.69, 9.17) is 4.74 Å². The Hall–Kier alpha value is -1.84. The van der Waals surface area contributed by atoms with Crippen molar-refractivity contribution in [2.24, 2.45) is 0 Å². The molecule has 1 atom stereocenters. The van der Waals surface area contributed by atoms with Crippen molar-refractivity contribution >= 4 is 12.4 Å². The van der Waals surface area contributed by atoms with Crippen LogP contribution in [-0.2, 0) is 14.9 Å². The lowest BCUT2D eigenvalue weighted by Crippen LogP contribution is -2.38. The Kier molecular flexibility index (Phi) is 4.35. The summed E-state index contributed by atoms with van der Waals surface area (Å²) in [4.78, 5) is 25.0. The third-order valence-corrected chi connectivity index (χ3v) is 3.87. The molecule has 0 spiro atoms. The fourth-order valence-corrected chi connectivity index (χ4v) is 2.83. The minimum Gasteiger partial charge on any atom is -0.444 e. The molecule has 0 radical (unpaired) electrons. The normalized spacial score (nSPS) is 22.1. The number of hydrogen-bond acceptors (Lipinski definition) is 3. The van der Waals surface area contributed by atoms with Crippen LogP contribution in [0.15, 0.2) is 30.3 Å². The van der Waals surface area contributed by atoms with E-state index in [-0.39, 0.29) is 11.5 Å². The van der Waals surface area contributed by atoms with Gasteiger partial charge in [0.1, 0.15) is 11.9 Å². The summed E-state index contributed by atoms with van der Waals surface area (Å²) in [5.74, 6) is 0. The van der Waals surface area contributed by atoms with Gasteiger partial charge in [0.25, 0.3) is 0 Å². The van der Waals surface area contributed by atoms with Gasteiger partial charge in [-0.2, -0.15) is 0 Å². The monoisotopic (exact) mass is 289 g/mol. The molecule has 0 bridgehead atoms. The van der Waals surface area contributed by atoms with E-state index in [1.807, 2.05) is 51.1 Å². The number of aldehydes is 1. The van der Waals surface area contributed by atoms with Gasteiger partial charge >= 0.3 is 6.09 Å². The van der Waals surface area contributed by atoms with E-state index in [0.717, 1.165) is 18.3 Å². The Bertz CT molecular complexity index is 507. The topological polar surface area (TPSA) is 46.6 Å². The van der Waals surface area contributed by atoms with Gasteiger partial charge in [-0.1, -0.05) is 30.3 Å². The second-order valence-corrected chi connectivity index (χ2v) is 6.67. The second-order valence-electron chi connectivity index (χ2n) is 6.67. The summed E-state index contributed by atoms with van der Waals surface area (Å²) >= 11 is 0. The fraction of sp³-hybridized carbons (Fsp3) is 0.529. The summed E-state index contributed by atoms with van der Waals surface area (Å²) < 4.78 is 5.43. The third-order valence-electron chi connectivity index (χ3n) is 3.87. The number of carbonyl (C=O) groups is 2. The van der Waals surface area contributed by atoms with Crippen LogP contribution in [0.25, 0.3) is 0 Å². The number of rotatable bonds is 3. The molecule has 1 fully saturated rings. The Morgan fingerprint density at radius 1 is 1.33 bits per heavy atom. The predicted octanol–water partition coefficient (Wildman–Crippen LogP) is 3.15. The number of likely N-dealkylation sites (tertiary alicyclic amines) is 1. The first-order chi connectivity index (χ1) is 9.86. The standard InChI is InChI=1S/C17H23NO3/c1-16(2,3)21-15(20)18-11-9-17(13-18,10-12-19)14-7-5-4-6-8-14/h4-8,12H,9-11,13H2,1-3H3/t17-/m1/s1. The molecule has 2 rings (SSSR count). The molecule has 1 amide bonds. The predicted molar refractivity (Wildman–Crippen MR) is 81.2 cm³/mol. The zero-order valence-corrected chi connectivity index (χ0v) is 13.0. The van der Waals surface area contributed by atoms with Crippen molar-refractivity contribution in [3.8, 4) is 0 Å². The number of amides is 1. The highest BCUT2D eigenvalue weighted by Gasteiger charge is 2.42. The van der Waals surface area contributed by atoms with Crippen LogP contribution in [0.3, 0.4) is 0 Å². The average Bonchev–Trinajstić information content (AvgIpc) is 2.84. The first-order valence-corrected chi connectivity index (χ1v) is 7.33. The van der Waals surface area contributed by atoms with Gasteiger partial charge in [-0.25, -0.2) is 4.79 Å². The fourth-order valence-electron chi connectivity index (χ4n) is 2.83. The van der Waals surface area contributed by atoms with Crippen LogP contribution in [0.5, 0.6) is 0 Å². The van der Waals surface area contributed by atoms with Crippen LogP contribution in [0, 0.1) is 0 Å².